The van der Waals surface area contributed by atoms with Crippen molar-refractivity contribution in [1.82, 2.24) is 4.98 Å². The highest BCUT2D eigenvalue weighted by atomic mass is 16.5. The molecule has 1 fully saturated rings. The van der Waals surface area contributed by atoms with Crippen LogP contribution in [0, 0.1) is 18.3 Å². The molecule has 0 radical (unpaired) electrons. The summed E-state index contributed by atoms with van der Waals surface area (Å²) in [6.45, 7) is 8.95. The van der Waals surface area contributed by atoms with Crippen LogP contribution in [-0.4, -0.2) is 17.6 Å². The molecule has 2 unspecified atom stereocenters. The van der Waals surface area contributed by atoms with Crippen LogP contribution in [0.3, 0.4) is 0 Å². The Labute approximate surface area is 102 Å². The Bertz CT molecular complexity index is 499. The third-order valence-electron chi connectivity index (χ3n) is 4.65. The quantitative estimate of drug-likeness (QED) is 0.798. The number of aromatic nitrogens is 1. The van der Waals surface area contributed by atoms with Gasteiger partial charge >= 0.3 is 5.97 Å². The number of esters is 1. The van der Waals surface area contributed by atoms with Gasteiger partial charge in [-0.15, -0.1) is 0 Å². The van der Waals surface area contributed by atoms with Gasteiger partial charge in [0.05, 0.1) is 6.61 Å². The molecule has 2 aliphatic carbocycles. The zero-order valence-electron chi connectivity index (χ0n) is 10.9. The fourth-order valence-electron chi connectivity index (χ4n) is 3.58. The molecule has 3 heteroatoms. The lowest BCUT2D eigenvalue weighted by molar-refractivity contribution is 0.0519. The predicted octanol–water partition coefficient (Wildman–Crippen LogP) is 2.80. The smallest absolute Gasteiger partial charge is 0.355 e. The lowest BCUT2D eigenvalue weighted by atomic mass is 9.97. The van der Waals surface area contributed by atoms with Crippen molar-refractivity contribution in [3.8, 4) is 0 Å². The van der Waals surface area contributed by atoms with Crippen molar-refractivity contribution in [2.45, 2.75) is 40.0 Å². The van der Waals surface area contributed by atoms with E-state index < -0.39 is 0 Å². The van der Waals surface area contributed by atoms with Gasteiger partial charge in [-0.1, -0.05) is 13.8 Å². The SMILES string of the molecule is CCOC(=O)c1[nH]c2c(c1C)C1C(C2)C1(C)C. The van der Waals surface area contributed by atoms with Crippen LogP contribution in [-0.2, 0) is 11.2 Å². The summed E-state index contributed by atoms with van der Waals surface area (Å²) in [5.74, 6) is 1.21. The molecule has 0 bridgehead atoms. The van der Waals surface area contributed by atoms with Crippen LogP contribution in [0.5, 0.6) is 0 Å². The predicted molar refractivity (Wildman–Crippen MR) is 65.2 cm³/mol. The first kappa shape index (κ1) is 10.9. The molecular weight excluding hydrogens is 214 g/mol. The lowest BCUT2D eigenvalue weighted by Crippen LogP contribution is -2.07. The molecule has 1 heterocycles. The van der Waals surface area contributed by atoms with Crippen molar-refractivity contribution in [2.24, 2.45) is 11.3 Å². The largest absolute Gasteiger partial charge is 0.461 e. The molecule has 0 aromatic carbocycles. The van der Waals surface area contributed by atoms with Crippen molar-refractivity contribution in [1.29, 1.82) is 0 Å². The van der Waals surface area contributed by atoms with E-state index >= 15 is 0 Å². The molecule has 0 amide bonds. The minimum atomic E-state index is -0.214. The number of hydrogen-bond acceptors (Lipinski definition) is 2. The highest BCUT2D eigenvalue weighted by Crippen LogP contribution is 2.70. The monoisotopic (exact) mass is 233 g/mol. The first-order valence-electron chi connectivity index (χ1n) is 6.37. The number of carbonyl (C=O) groups excluding carboxylic acids is 1. The van der Waals surface area contributed by atoms with Crippen LogP contribution in [0.4, 0.5) is 0 Å². The molecule has 0 spiro atoms. The van der Waals surface area contributed by atoms with Gasteiger partial charge in [0, 0.05) is 5.69 Å². The Balaban J connectivity index is 1.98. The van der Waals surface area contributed by atoms with Gasteiger partial charge in [0.2, 0.25) is 0 Å². The van der Waals surface area contributed by atoms with Gasteiger partial charge in [0.25, 0.3) is 0 Å². The second-order valence-electron chi connectivity index (χ2n) is 5.85. The number of ether oxygens (including phenoxy) is 1. The molecule has 0 aliphatic heterocycles. The molecule has 3 nitrogen and oxygen atoms in total. The fraction of sp³-hybridized carbons (Fsp3) is 0.643. The van der Waals surface area contributed by atoms with E-state index in [0.29, 0.717) is 23.6 Å². The molecule has 92 valence electrons. The van der Waals surface area contributed by atoms with Gasteiger partial charge in [0.1, 0.15) is 5.69 Å². The molecule has 1 aromatic heterocycles. The first-order valence-corrected chi connectivity index (χ1v) is 6.37. The Morgan fingerprint density at radius 1 is 1.53 bits per heavy atom. The minimum Gasteiger partial charge on any atom is -0.461 e. The molecule has 3 rings (SSSR count). The van der Waals surface area contributed by atoms with Crippen molar-refractivity contribution in [2.75, 3.05) is 6.61 Å². The third kappa shape index (κ3) is 1.25. The highest BCUT2D eigenvalue weighted by Gasteiger charge is 2.63. The van der Waals surface area contributed by atoms with Crippen LogP contribution in [0.15, 0.2) is 0 Å². The number of fused-ring (bicyclic) bond motifs is 3. The maximum Gasteiger partial charge on any atom is 0.355 e. The number of hydrogen-bond donors (Lipinski definition) is 1. The molecule has 0 saturated heterocycles. The molecule has 2 aliphatic rings. The van der Waals surface area contributed by atoms with Gasteiger partial charge in [-0.25, -0.2) is 4.79 Å². The van der Waals surface area contributed by atoms with Crippen LogP contribution >= 0.6 is 0 Å². The highest BCUT2D eigenvalue weighted by molar-refractivity contribution is 5.90. The standard InChI is InChI=1S/C14H19NO2/c1-5-17-13(16)12-7(2)10-9(15-12)6-8-11(10)14(8,3)4/h8,11,15H,5-6H2,1-4H3. The Morgan fingerprint density at radius 2 is 2.24 bits per heavy atom. The van der Waals surface area contributed by atoms with Gasteiger partial charge in [-0.2, -0.15) is 0 Å². The van der Waals surface area contributed by atoms with Crippen molar-refractivity contribution in [3.63, 3.8) is 0 Å². The summed E-state index contributed by atoms with van der Waals surface area (Å²) in [5.41, 5.74) is 4.85. The maximum absolute atomic E-state index is 11.8. The number of carbonyl (C=O) groups is 1. The summed E-state index contributed by atoms with van der Waals surface area (Å²) in [5, 5.41) is 0. The number of H-pyrrole nitrogens is 1. The molecule has 1 N–H and O–H groups in total. The Kier molecular flexibility index (Phi) is 2.02. The average molecular weight is 233 g/mol. The lowest BCUT2D eigenvalue weighted by Gasteiger charge is -2.07. The molecule has 1 aromatic rings. The number of nitrogens with one attached hydrogen (secondary N) is 1. The molecular formula is C14H19NO2. The Morgan fingerprint density at radius 3 is 2.88 bits per heavy atom. The zero-order chi connectivity index (χ0) is 12.4. The van der Waals surface area contributed by atoms with Gasteiger partial charge < -0.3 is 9.72 Å². The van der Waals surface area contributed by atoms with E-state index in [-0.39, 0.29) is 5.97 Å². The summed E-state index contributed by atoms with van der Waals surface area (Å²) >= 11 is 0. The third-order valence-corrected chi connectivity index (χ3v) is 4.65. The number of rotatable bonds is 2. The van der Waals surface area contributed by atoms with Crippen LogP contribution in [0.2, 0.25) is 0 Å². The molecule has 2 atom stereocenters. The van der Waals surface area contributed by atoms with Gasteiger partial charge in [0.15, 0.2) is 0 Å². The van der Waals surface area contributed by atoms with E-state index in [9.17, 15) is 4.79 Å². The number of aromatic amines is 1. The van der Waals surface area contributed by atoms with Crippen LogP contribution in [0.1, 0.15) is 54.0 Å². The fourth-order valence-corrected chi connectivity index (χ4v) is 3.58. The summed E-state index contributed by atoms with van der Waals surface area (Å²) in [6, 6.07) is 0. The topological polar surface area (TPSA) is 42.1 Å². The van der Waals surface area contributed by atoms with Crippen LogP contribution in [0.25, 0.3) is 0 Å². The second-order valence-corrected chi connectivity index (χ2v) is 5.85. The van der Waals surface area contributed by atoms with E-state index in [4.69, 9.17) is 4.74 Å². The second kappa shape index (κ2) is 3.15. The molecule has 17 heavy (non-hydrogen) atoms. The summed E-state index contributed by atoms with van der Waals surface area (Å²) in [7, 11) is 0. The summed E-state index contributed by atoms with van der Waals surface area (Å²) in [4.78, 5) is 15.1. The maximum atomic E-state index is 11.8. The van der Waals surface area contributed by atoms with Gasteiger partial charge in [-0.05, 0) is 48.6 Å². The molecule has 1 saturated carbocycles. The zero-order valence-corrected chi connectivity index (χ0v) is 10.9. The van der Waals surface area contributed by atoms with E-state index in [1.807, 2.05) is 13.8 Å². The first-order chi connectivity index (χ1) is 7.98. The van der Waals surface area contributed by atoms with E-state index in [0.717, 1.165) is 17.9 Å². The van der Waals surface area contributed by atoms with Gasteiger partial charge in [-0.3, -0.25) is 0 Å². The average Bonchev–Trinajstić information content (AvgIpc) is 2.65. The minimum absolute atomic E-state index is 0.214. The summed E-state index contributed by atoms with van der Waals surface area (Å²) < 4.78 is 5.08. The van der Waals surface area contributed by atoms with Crippen molar-refractivity contribution >= 4 is 5.97 Å². The summed E-state index contributed by atoms with van der Waals surface area (Å²) in [6.07, 6.45) is 1.09. The van der Waals surface area contributed by atoms with Crippen LogP contribution < -0.4 is 0 Å². The Hall–Kier alpha value is -1.25. The van der Waals surface area contributed by atoms with Crippen molar-refractivity contribution < 1.29 is 9.53 Å². The van der Waals surface area contributed by atoms with Crippen molar-refractivity contribution in [3.05, 3.63) is 22.5 Å². The van der Waals surface area contributed by atoms with E-state index in [2.05, 4.69) is 18.8 Å². The normalized spacial score (nSPS) is 27.5. The van der Waals surface area contributed by atoms with E-state index in [1.165, 1.54) is 11.3 Å². The van der Waals surface area contributed by atoms with E-state index in [1.54, 1.807) is 0 Å².